The normalized spacial score (nSPS) is 12.7. The van der Waals surface area contributed by atoms with Crippen LogP contribution in [-0.4, -0.2) is 17.9 Å². The summed E-state index contributed by atoms with van der Waals surface area (Å²) in [7, 11) is 0. The number of para-hydroxylation sites is 1. The first kappa shape index (κ1) is 19.2. The number of nitrogens with two attached hydrogens (primary N) is 1. The van der Waals surface area contributed by atoms with Gasteiger partial charge in [0, 0.05) is 12.1 Å². The molecular formula is C19H29NO3. The Balaban J connectivity index is 2.63. The number of rotatable bonds is 9. The first-order valence-electron chi connectivity index (χ1n) is 8.35. The molecular weight excluding hydrogens is 290 g/mol. The minimum Gasteiger partial charge on any atom is -0.456 e. The Morgan fingerprint density at radius 3 is 2.70 bits per heavy atom. The second-order valence-corrected chi connectivity index (χ2v) is 6.78. The second kappa shape index (κ2) is 8.70. The van der Waals surface area contributed by atoms with Gasteiger partial charge in [-0.2, -0.15) is 0 Å². The van der Waals surface area contributed by atoms with E-state index in [4.69, 9.17) is 10.5 Å². The summed E-state index contributed by atoms with van der Waals surface area (Å²) in [6.07, 6.45) is 4.95. The van der Waals surface area contributed by atoms with Crippen molar-refractivity contribution in [3.63, 3.8) is 0 Å². The fourth-order valence-corrected chi connectivity index (χ4v) is 2.61. The van der Waals surface area contributed by atoms with Crippen LogP contribution < -0.4 is 5.73 Å². The summed E-state index contributed by atoms with van der Waals surface area (Å²) in [5, 5.41) is 0. The van der Waals surface area contributed by atoms with Crippen LogP contribution in [0.15, 0.2) is 18.2 Å². The van der Waals surface area contributed by atoms with Crippen molar-refractivity contribution >= 4 is 17.9 Å². The first-order valence-corrected chi connectivity index (χ1v) is 8.35. The number of nitrogen functional groups attached to an aromatic ring is 1. The lowest BCUT2D eigenvalue weighted by atomic mass is 9.95. The molecule has 0 aromatic heterocycles. The van der Waals surface area contributed by atoms with E-state index in [1.807, 2.05) is 32.9 Å². The molecule has 1 atom stereocenters. The molecule has 0 fully saturated rings. The molecule has 0 spiro atoms. The Bertz CT molecular complexity index is 537. The molecule has 0 saturated carbocycles. The van der Waals surface area contributed by atoms with Gasteiger partial charge >= 0.3 is 5.97 Å². The maximum atomic E-state index is 12.4. The van der Waals surface area contributed by atoms with Gasteiger partial charge in [0.15, 0.2) is 0 Å². The number of carbonyl (C=O) groups is 2. The monoisotopic (exact) mass is 319 g/mol. The molecule has 0 heterocycles. The van der Waals surface area contributed by atoms with Crippen molar-refractivity contribution in [1.82, 2.24) is 0 Å². The number of anilines is 1. The highest BCUT2D eigenvalue weighted by atomic mass is 16.6. The molecule has 0 amide bonds. The van der Waals surface area contributed by atoms with Gasteiger partial charge in [-0.25, -0.2) is 4.79 Å². The number of hydrogen-bond donors (Lipinski definition) is 1. The van der Waals surface area contributed by atoms with E-state index < -0.39 is 5.60 Å². The summed E-state index contributed by atoms with van der Waals surface area (Å²) in [6, 6.07) is 5.46. The highest BCUT2D eigenvalue weighted by Crippen LogP contribution is 2.25. The topological polar surface area (TPSA) is 69.4 Å². The van der Waals surface area contributed by atoms with Crippen LogP contribution in [0.5, 0.6) is 0 Å². The van der Waals surface area contributed by atoms with Crippen LogP contribution in [0.3, 0.4) is 0 Å². The zero-order valence-corrected chi connectivity index (χ0v) is 14.7. The molecule has 4 nitrogen and oxygen atoms in total. The Morgan fingerprint density at radius 2 is 2.09 bits per heavy atom. The fraction of sp³-hybridized carbons (Fsp3) is 0.579. The van der Waals surface area contributed by atoms with Crippen LogP contribution in [0.2, 0.25) is 0 Å². The maximum absolute atomic E-state index is 12.4. The Hall–Kier alpha value is -1.84. The summed E-state index contributed by atoms with van der Waals surface area (Å²) in [5.74, 6) is -0.000350. The molecule has 0 aliphatic carbocycles. The van der Waals surface area contributed by atoms with E-state index in [0.717, 1.165) is 37.5 Å². The van der Waals surface area contributed by atoms with Gasteiger partial charge in [-0.05, 0) is 50.7 Å². The maximum Gasteiger partial charge on any atom is 0.340 e. The van der Waals surface area contributed by atoms with E-state index in [0.29, 0.717) is 23.6 Å². The van der Waals surface area contributed by atoms with Gasteiger partial charge in [-0.3, -0.25) is 0 Å². The van der Waals surface area contributed by atoms with Crippen molar-refractivity contribution in [3.05, 3.63) is 29.3 Å². The average Bonchev–Trinajstić information content (AvgIpc) is 2.46. The summed E-state index contributed by atoms with van der Waals surface area (Å²) in [6.45, 7) is 7.89. The summed E-state index contributed by atoms with van der Waals surface area (Å²) in [4.78, 5) is 22.9. The van der Waals surface area contributed by atoms with Crippen molar-refractivity contribution in [2.75, 3.05) is 5.73 Å². The highest BCUT2D eigenvalue weighted by Gasteiger charge is 2.25. The lowest BCUT2D eigenvalue weighted by molar-refractivity contribution is -0.108. The highest BCUT2D eigenvalue weighted by molar-refractivity contribution is 5.96. The molecule has 0 saturated heterocycles. The number of ether oxygens (including phenoxy) is 1. The summed E-state index contributed by atoms with van der Waals surface area (Å²) < 4.78 is 5.66. The molecule has 1 unspecified atom stereocenters. The van der Waals surface area contributed by atoms with Gasteiger partial charge in [-0.15, -0.1) is 0 Å². The predicted octanol–water partition coefficient (Wildman–Crippen LogP) is 4.16. The van der Waals surface area contributed by atoms with Crippen LogP contribution in [0.25, 0.3) is 0 Å². The second-order valence-electron chi connectivity index (χ2n) is 6.78. The summed E-state index contributed by atoms with van der Waals surface area (Å²) >= 11 is 0. The third kappa shape index (κ3) is 6.05. The smallest absolute Gasteiger partial charge is 0.340 e. The van der Waals surface area contributed by atoms with Crippen molar-refractivity contribution in [2.24, 2.45) is 5.92 Å². The average molecular weight is 319 g/mol. The predicted molar refractivity (Wildman–Crippen MR) is 93.4 cm³/mol. The SMILES string of the molecule is CCc1cccc(C(=O)OC(C)(C)CCCC(C)CC=O)c1N. The third-order valence-electron chi connectivity index (χ3n) is 4.14. The summed E-state index contributed by atoms with van der Waals surface area (Å²) in [5.41, 5.74) is 7.41. The lowest BCUT2D eigenvalue weighted by Crippen LogP contribution is -2.28. The van der Waals surface area contributed by atoms with Crippen molar-refractivity contribution in [2.45, 2.75) is 65.4 Å². The van der Waals surface area contributed by atoms with E-state index in [9.17, 15) is 9.59 Å². The molecule has 0 radical (unpaired) electrons. The van der Waals surface area contributed by atoms with Gasteiger partial charge in [0.05, 0.1) is 5.56 Å². The molecule has 2 N–H and O–H groups in total. The van der Waals surface area contributed by atoms with Crippen molar-refractivity contribution in [3.8, 4) is 0 Å². The molecule has 0 aliphatic heterocycles. The van der Waals surface area contributed by atoms with Crippen LogP contribution in [0, 0.1) is 5.92 Å². The third-order valence-corrected chi connectivity index (χ3v) is 4.14. The number of benzene rings is 1. The zero-order valence-electron chi connectivity index (χ0n) is 14.7. The van der Waals surface area contributed by atoms with Crippen molar-refractivity contribution in [1.29, 1.82) is 0 Å². The van der Waals surface area contributed by atoms with E-state index in [2.05, 4.69) is 6.92 Å². The van der Waals surface area contributed by atoms with Gasteiger partial charge in [-0.1, -0.05) is 32.4 Å². The molecule has 23 heavy (non-hydrogen) atoms. The van der Waals surface area contributed by atoms with E-state index in [-0.39, 0.29) is 5.97 Å². The van der Waals surface area contributed by atoms with Gasteiger partial charge < -0.3 is 15.3 Å². The molecule has 1 aromatic carbocycles. The fourth-order valence-electron chi connectivity index (χ4n) is 2.61. The lowest BCUT2D eigenvalue weighted by Gasteiger charge is -2.26. The van der Waals surface area contributed by atoms with E-state index in [1.165, 1.54) is 0 Å². The Morgan fingerprint density at radius 1 is 1.39 bits per heavy atom. The van der Waals surface area contributed by atoms with Crippen LogP contribution >= 0.6 is 0 Å². The van der Waals surface area contributed by atoms with E-state index >= 15 is 0 Å². The number of carbonyl (C=O) groups excluding carboxylic acids is 2. The molecule has 4 heteroatoms. The quantitative estimate of drug-likeness (QED) is 0.421. The molecule has 128 valence electrons. The molecule has 0 aliphatic rings. The van der Waals surface area contributed by atoms with Crippen LogP contribution in [-0.2, 0) is 16.0 Å². The zero-order chi connectivity index (χ0) is 17.5. The Labute approximate surface area is 139 Å². The number of aryl methyl sites for hydroxylation is 1. The molecule has 1 aromatic rings. The van der Waals surface area contributed by atoms with Crippen LogP contribution in [0.1, 0.15) is 69.3 Å². The standard InChI is InChI=1S/C19H29NO3/c1-5-15-9-6-10-16(17(15)20)18(22)23-19(3,4)12-7-8-14(2)11-13-21/h6,9-10,13-14H,5,7-8,11-12,20H2,1-4H3. The van der Waals surface area contributed by atoms with Crippen molar-refractivity contribution < 1.29 is 14.3 Å². The van der Waals surface area contributed by atoms with Crippen LogP contribution in [0.4, 0.5) is 5.69 Å². The van der Waals surface area contributed by atoms with Gasteiger partial charge in [0.25, 0.3) is 0 Å². The van der Waals surface area contributed by atoms with E-state index in [1.54, 1.807) is 6.07 Å². The molecule has 1 rings (SSSR count). The number of hydrogen-bond acceptors (Lipinski definition) is 4. The largest absolute Gasteiger partial charge is 0.456 e. The first-order chi connectivity index (χ1) is 10.8. The van der Waals surface area contributed by atoms with Gasteiger partial charge in [0.2, 0.25) is 0 Å². The number of aldehydes is 1. The minimum atomic E-state index is -0.549. The minimum absolute atomic E-state index is 0.371. The van der Waals surface area contributed by atoms with Gasteiger partial charge in [0.1, 0.15) is 11.9 Å². The Kier molecular flexibility index (Phi) is 7.27. The molecule has 0 bridgehead atoms. The number of esters is 1.